The smallest absolute Gasteiger partial charge is 0.217 e. The Labute approximate surface area is 60.4 Å². The second-order valence-electron chi connectivity index (χ2n) is 2.97. The van der Waals surface area contributed by atoms with Gasteiger partial charge in [0.15, 0.2) is 0 Å². The van der Waals surface area contributed by atoms with E-state index in [4.69, 9.17) is 5.11 Å². The maximum atomic E-state index is 10.6. The van der Waals surface area contributed by atoms with Crippen LogP contribution in [0.5, 0.6) is 0 Å². The lowest BCUT2D eigenvalue weighted by molar-refractivity contribution is -0.122. The van der Waals surface area contributed by atoms with Crippen LogP contribution in [0.4, 0.5) is 0 Å². The van der Waals surface area contributed by atoms with Gasteiger partial charge in [-0.15, -0.1) is 0 Å². The van der Waals surface area contributed by atoms with Crippen molar-refractivity contribution in [2.24, 2.45) is 0 Å². The van der Waals surface area contributed by atoms with Crippen LogP contribution in [0.15, 0.2) is 0 Å². The van der Waals surface area contributed by atoms with Crippen LogP contribution in [0.1, 0.15) is 26.2 Å². The van der Waals surface area contributed by atoms with E-state index in [0.29, 0.717) is 0 Å². The second-order valence-corrected chi connectivity index (χ2v) is 2.97. The summed E-state index contributed by atoms with van der Waals surface area (Å²) < 4.78 is 0. The molecule has 1 aliphatic rings. The first-order valence-electron chi connectivity index (χ1n) is 3.58. The van der Waals surface area contributed by atoms with E-state index in [1.807, 2.05) is 0 Å². The molecule has 0 aromatic rings. The molecule has 58 valence electrons. The topological polar surface area (TPSA) is 49.3 Å². The lowest BCUT2D eigenvalue weighted by atomic mass is 9.77. The third kappa shape index (κ3) is 1.29. The zero-order chi connectivity index (χ0) is 7.61. The molecule has 0 heterocycles. The van der Waals surface area contributed by atoms with Gasteiger partial charge in [-0.25, -0.2) is 0 Å². The first-order chi connectivity index (χ1) is 4.68. The minimum absolute atomic E-state index is 0.0475. The van der Waals surface area contributed by atoms with Gasteiger partial charge in [0, 0.05) is 6.92 Å². The predicted molar refractivity (Wildman–Crippen MR) is 37.5 cm³/mol. The van der Waals surface area contributed by atoms with Crippen LogP contribution in [0.2, 0.25) is 0 Å². The molecule has 3 nitrogen and oxygen atoms in total. The Morgan fingerprint density at radius 1 is 1.70 bits per heavy atom. The van der Waals surface area contributed by atoms with Crippen molar-refractivity contribution in [3.8, 4) is 0 Å². The minimum atomic E-state index is -0.258. The molecule has 1 amide bonds. The fourth-order valence-electron chi connectivity index (χ4n) is 1.30. The van der Waals surface area contributed by atoms with E-state index in [9.17, 15) is 4.79 Å². The molecule has 0 aromatic carbocycles. The molecule has 0 radical (unpaired) electrons. The minimum Gasteiger partial charge on any atom is -0.394 e. The zero-order valence-corrected chi connectivity index (χ0v) is 6.18. The van der Waals surface area contributed by atoms with Gasteiger partial charge in [0.25, 0.3) is 0 Å². The van der Waals surface area contributed by atoms with Crippen molar-refractivity contribution in [1.29, 1.82) is 0 Å². The van der Waals surface area contributed by atoms with Crippen molar-refractivity contribution < 1.29 is 9.90 Å². The maximum Gasteiger partial charge on any atom is 0.217 e. The number of hydrogen-bond acceptors (Lipinski definition) is 2. The lowest BCUT2D eigenvalue weighted by Crippen LogP contribution is -2.55. The van der Waals surface area contributed by atoms with Gasteiger partial charge in [-0.2, -0.15) is 0 Å². The molecule has 1 fully saturated rings. The van der Waals surface area contributed by atoms with Crippen LogP contribution in [-0.4, -0.2) is 23.2 Å². The average molecular weight is 143 g/mol. The predicted octanol–water partition coefficient (Wildman–Crippen LogP) is 0.0375. The third-order valence-electron chi connectivity index (χ3n) is 2.05. The third-order valence-corrected chi connectivity index (χ3v) is 2.05. The normalized spacial score (nSPS) is 21.4. The molecule has 0 bridgehead atoms. The molecule has 0 unspecified atom stereocenters. The fraction of sp³-hybridized carbons (Fsp3) is 0.857. The van der Waals surface area contributed by atoms with Gasteiger partial charge in [-0.3, -0.25) is 4.79 Å². The van der Waals surface area contributed by atoms with Gasteiger partial charge in [0.05, 0.1) is 12.1 Å². The summed E-state index contributed by atoms with van der Waals surface area (Å²) in [5.41, 5.74) is -0.258. The van der Waals surface area contributed by atoms with Crippen molar-refractivity contribution in [3.63, 3.8) is 0 Å². The molecule has 0 aromatic heterocycles. The van der Waals surface area contributed by atoms with Gasteiger partial charge in [-0.1, -0.05) is 0 Å². The highest BCUT2D eigenvalue weighted by Gasteiger charge is 2.36. The molecule has 0 aliphatic heterocycles. The standard InChI is InChI=1S/C7H13NO2/c1-6(10)8-7(5-9)3-2-4-7/h9H,2-5H2,1H3,(H,8,10). The maximum absolute atomic E-state index is 10.6. The van der Waals surface area contributed by atoms with Crippen LogP contribution >= 0.6 is 0 Å². The Morgan fingerprint density at radius 3 is 2.40 bits per heavy atom. The molecule has 1 aliphatic carbocycles. The molecule has 0 spiro atoms. The molecule has 1 saturated carbocycles. The summed E-state index contributed by atoms with van der Waals surface area (Å²) in [6.07, 6.45) is 2.95. The summed E-state index contributed by atoms with van der Waals surface area (Å²) in [7, 11) is 0. The number of nitrogens with one attached hydrogen (secondary N) is 1. The zero-order valence-electron chi connectivity index (χ0n) is 6.18. The Morgan fingerprint density at radius 2 is 2.30 bits per heavy atom. The second kappa shape index (κ2) is 2.58. The van der Waals surface area contributed by atoms with Crippen LogP contribution in [0.3, 0.4) is 0 Å². The van der Waals surface area contributed by atoms with Gasteiger partial charge >= 0.3 is 0 Å². The molecule has 10 heavy (non-hydrogen) atoms. The summed E-state index contributed by atoms with van der Waals surface area (Å²) in [5, 5.41) is 11.6. The van der Waals surface area contributed by atoms with Crippen molar-refractivity contribution >= 4 is 5.91 Å². The molecule has 0 atom stereocenters. The Bertz CT molecular complexity index is 135. The SMILES string of the molecule is CC(=O)NC1(CO)CCC1. The van der Waals surface area contributed by atoms with Crippen LogP contribution < -0.4 is 5.32 Å². The Balaban J connectivity index is 2.40. The molecular formula is C7H13NO2. The van der Waals surface area contributed by atoms with Crippen LogP contribution in [0, 0.1) is 0 Å². The molecule has 2 N–H and O–H groups in total. The van der Waals surface area contributed by atoms with Gasteiger partial charge in [-0.05, 0) is 19.3 Å². The van der Waals surface area contributed by atoms with Crippen molar-refractivity contribution in [2.45, 2.75) is 31.7 Å². The van der Waals surface area contributed by atoms with Crippen LogP contribution in [0.25, 0.3) is 0 Å². The molecule has 0 saturated heterocycles. The number of aliphatic hydroxyl groups excluding tert-OH is 1. The van der Waals surface area contributed by atoms with Gasteiger partial charge in [0.1, 0.15) is 0 Å². The average Bonchev–Trinajstić information content (AvgIpc) is 1.78. The van der Waals surface area contributed by atoms with E-state index in [1.165, 1.54) is 6.92 Å². The summed E-state index contributed by atoms with van der Waals surface area (Å²) >= 11 is 0. The molecule has 3 heteroatoms. The summed E-state index contributed by atoms with van der Waals surface area (Å²) in [4.78, 5) is 10.6. The number of rotatable bonds is 2. The number of hydrogen-bond donors (Lipinski definition) is 2. The van der Waals surface area contributed by atoms with E-state index >= 15 is 0 Å². The highest BCUT2D eigenvalue weighted by Crippen LogP contribution is 2.30. The van der Waals surface area contributed by atoms with Crippen molar-refractivity contribution in [3.05, 3.63) is 0 Å². The van der Waals surface area contributed by atoms with E-state index < -0.39 is 0 Å². The number of carbonyl (C=O) groups is 1. The lowest BCUT2D eigenvalue weighted by Gasteiger charge is -2.40. The van der Waals surface area contributed by atoms with Crippen molar-refractivity contribution in [1.82, 2.24) is 5.32 Å². The van der Waals surface area contributed by atoms with E-state index in [1.54, 1.807) is 0 Å². The number of amides is 1. The molecule has 1 rings (SSSR count). The van der Waals surface area contributed by atoms with Gasteiger partial charge in [0.2, 0.25) is 5.91 Å². The monoisotopic (exact) mass is 143 g/mol. The van der Waals surface area contributed by atoms with Crippen molar-refractivity contribution in [2.75, 3.05) is 6.61 Å². The fourth-order valence-corrected chi connectivity index (χ4v) is 1.30. The Hall–Kier alpha value is -0.570. The van der Waals surface area contributed by atoms with Crippen LogP contribution in [-0.2, 0) is 4.79 Å². The highest BCUT2D eigenvalue weighted by atomic mass is 16.3. The first-order valence-corrected chi connectivity index (χ1v) is 3.58. The molecular weight excluding hydrogens is 130 g/mol. The highest BCUT2D eigenvalue weighted by molar-refractivity contribution is 5.74. The Kier molecular flexibility index (Phi) is 1.94. The summed E-state index contributed by atoms with van der Waals surface area (Å²) in [5.74, 6) is -0.0475. The van der Waals surface area contributed by atoms with Gasteiger partial charge < -0.3 is 10.4 Å². The largest absolute Gasteiger partial charge is 0.394 e. The van der Waals surface area contributed by atoms with E-state index in [-0.39, 0.29) is 18.1 Å². The number of carbonyl (C=O) groups excluding carboxylic acids is 1. The van der Waals surface area contributed by atoms with E-state index in [0.717, 1.165) is 19.3 Å². The van der Waals surface area contributed by atoms with E-state index in [2.05, 4.69) is 5.32 Å². The first kappa shape index (κ1) is 7.54. The summed E-state index contributed by atoms with van der Waals surface area (Å²) in [6.45, 7) is 1.56. The quantitative estimate of drug-likeness (QED) is 0.573. The summed E-state index contributed by atoms with van der Waals surface area (Å²) in [6, 6.07) is 0. The number of aliphatic hydroxyl groups is 1.